The van der Waals surface area contributed by atoms with Crippen LogP contribution in [0.3, 0.4) is 0 Å². The first-order valence-corrected chi connectivity index (χ1v) is 18.6. The van der Waals surface area contributed by atoms with Gasteiger partial charge in [-0.15, -0.1) is 0 Å². The number of alkyl halides is 3. The summed E-state index contributed by atoms with van der Waals surface area (Å²) in [6, 6.07) is 19.5. The Balaban J connectivity index is 1.36. The van der Waals surface area contributed by atoms with Crippen molar-refractivity contribution in [3.8, 4) is 11.3 Å². The van der Waals surface area contributed by atoms with Crippen molar-refractivity contribution in [1.82, 2.24) is 20.1 Å². The molecule has 3 aromatic carbocycles. The lowest BCUT2D eigenvalue weighted by Gasteiger charge is -2.40. The number of carbonyl (C=O) groups is 1. The minimum absolute atomic E-state index is 0.00901. The number of piperidine rings is 1. The van der Waals surface area contributed by atoms with E-state index in [-0.39, 0.29) is 27.6 Å². The lowest BCUT2D eigenvalue weighted by atomic mass is 9.93. The van der Waals surface area contributed by atoms with Crippen LogP contribution >= 0.6 is 0 Å². The summed E-state index contributed by atoms with van der Waals surface area (Å²) in [5, 5.41) is 3.72. The maximum atomic E-state index is 14.6. The molecule has 0 bridgehead atoms. The standard InChI is InChI=1S/C37H39F3N4O4S/c1-49(46,47)29-10-11-30-32(23-29)41-34(25-6-5-9-27(22-25)37(38,39)40)31(24-43-16-12-28(13-17-43)44-18-20-48-21-19-44)33(30)35(45)42-36(14-15-36)26-7-3-2-4-8-26/h2-11,22-23,28H,12-21,24H2,1H3,(H,42,45). The lowest BCUT2D eigenvalue weighted by Crippen LogP contribution is -2.48. The normalized spacial score (nSPS) is 19.2. The fourth-order valence-electron chi connectivity index (χ4n) is 7.27. The van der Waals surface area contributed by atoms with Crippen LogP contribution < -0.4 is 5.32 Å². The smallest absolute Gasteiger partial charge is 0.379 e. The molecule has 2 aliphatic heterocycles. The largest absolute Gasteiger partial charge is 0.416 e. The zero-order chi connectivity index (χ0) is 34.4. The van der Waals surface area contributed by atoms with Crippen LogP contribution in [-0.2, 0) is 32.8 Å². The van der Waals surface area contributed by atoms with Gasteiger partial charge in [0.2, 0.25) is 0 Å². The van der Waals surface area contributed by atoms with E-state index in [4.69, 9.17) is 9.72 Å². The zero-order valence-corrected chi connectivity index (χ0v) is 28.1. The molecule has 3 heterocycles. The van der Waals surface area contributed by atoms with Gasteiger partial charge in [-0.1, -0.05) is 48.5 Å². The quantitative estimate of drug-likeness (QED) is 0.241. The van der Waals surface area contributed by atoms with Crippen LogP contribution in [0.2, 0.25) is 0 Å². The van der Waals surface area contributed by atoms with Crippen molar-refractivity contribution in [2.75, 3.05) is 45.6 Å². The average molecular weight is 693 g/mol. The molecule has 0 atom stereocenters. The van der Waals surface area contributed by atoms with Gasteiger partial charge in [-0.3, -0.25) is 14.6 Å². The lowest BCUT2D eigenvalue weighted by molar-refractivity contribution is -0.137. The molecule has 1 aliphatic carbocycles. The average Bonchev–Trinajstić information content (AvgIpc) is 3.88. The minimum Gasteiger partial charge on any atom is -0.379 e. The number of nitrogens with zero attached hydrogens (tertiary/aromatic N) is 3. The second-order valence-electron chi connectivity index (χ2n) is 13.4. The number of carbonyl (C=O) groups excluding carboxylic acids is 1. The number of hydrogen-bond acceptors (Lipinski definition) is 7. The number of halogens is 3. The number of pyridine rings is 1. The van der Waals surface area contributed by atoms with Crippen molar-refractivity contribution >= 4 is 26.6 Å². The third-order valence-corrected chi connectivity index (χ3v) is 11.2. The van der Waals surface area contributed by atoms with E-state index in [1.807, 2.05) is 30.3 Å². The van der Waals surface area contributed by atoms with Crippen molar-refractivity contribution in [2.24, 2.45) is 0 Å². The molecule has 1 aromatic heterocycles. The molecule has 8 nitrogen and oxygen atoms in total. The summed E-state index contributed by atoms with van der Waals surface area (Å²) >= 11 is 0. The van der Waals surface area contributed by atoms with E-state index in [1.54, 1.807) is 12.1 Å². The Morgan fingerprint density at radius 3 is 2.33 bits per heavy atom. The number of ether oxygens (including phenoxy) is 1. The number of fused-ring (bicyclic) bond motifs is 1. The number of nitrogens with one attached hydrogen (secondary N) is 1. The molecule has 0 radical (unpaired) electrons. The van der Waals surface area contributed by atoms with Gasteiger partial charge in [0, 0.05) is 48.4 Å². The Hall–Kier alpha value is -3.84. The molecule has 0 unspecified atom stereocenters. The molecule has 49 heavy (non-hydrogen) atoms. The molecule has 1 amide bonds. The molecule has 12 heteroatoms. The van der Waals surface area contributed by atoms with Crippen LogP contribution in [-0.4, -0.2) is 80.8 Å². The summed E-state index contributed by atoms with van der Waals surface area (Å²) in [7, 11) is -3.64. The van der Waals surface area contributed by atoms with Gasteiger partial charge < -0.3 is 10.1 Å². The fraction of sp³-hybridized carbons (Fsp3) is 0.405. The number of morpholine rings is 1. The van der Waals surface area contributed by atoms with E-state index < -0.39 is 27.1 Å². The summed E-state index contributed by atoms with van der Waals surface area (Å²) in [4.78, 5) is 24.2. The maximum Gasteiger partial charge on any atom is 0.416 e. The first kappa shape index (κ1) is 33.6. The first-order chi connectivity index (χ1) is 23.4. The number of hydrogen-bond donors (Lipinski definition) is 1. The highest BCUT2D eigenvalue weighted by Crippen LogP contribution is 2.46. The number of aromatic nitrogens is 1. The van der Waals surface area contributed by atoms with E-state index in [0.717, 1.165) is 75.8 Å². The molecule has 7 rings (SSSR count). The van der Waals surface area contributed by atoms with Crippen LogP contribution in [0.4, 0.5) is 13.2 Å². The number of likely N-dealkylation sites (tertiary alicyclic amines) is 1. The highest BCUT2D eigenvalue weighted by atomic mass is 32.2. The molecule has 0 spiro atoms. The van der Waals surface area contributed by atoms with Crippen molar-refractivity contribution in [1.29, 1.82) is 0 Å². The second kappa shape index (κ2) is 13.1. The van der Waals surface area contributed by atoms with Gasteiger partial charge in [0.25, 0.3) is 5.91 Å². The second-order valence-corrected chi connectivity index (χ2v) is 15.4. The summed E-state index contributed by atoms with van der Waals surface area (Å²) in [6.07, 6.45) is -0.191. The van der Waals surface area contributed by atoms with Gasteiger partial charge in [-0.25, -0.2) is 13.4 Å². The Labute approximate surface area is 284 Å². The monoisotopic (exact) mass is 692 g/mol. The predicted octanol–water partition coefficient (Wildman–Crippen LogP) is 6.04. The van der Waals surface area contributed by atoms with E-state index in [2.05, 4.69) is 15.1 Å². The summed E-state index contributed by atoms with van der Waals surface area (Å²) in [5.41, 5.74) is 1.06. The highest BCUT2D eigenvalue weighted by molar-refractivity contribution is 7.90. The third-order valence-electron chi connectivity index (χ3n) is 10.1. The molecule has 2 saturated heterocycles. The van der Waals surface area contributed by atoms with Crippen molar-refractivity contribution < 1.29 is 31.1 Å². The van der Waals surface area contributed by atoms with Crippen LogP contribution in [0, 0.1) is 0 Å². The SMILES string of the molecule is CS(=O)(=O)c1ccc2c(C(=O)NC3(c4ccccc4)CC3)c(CN3CCC(N4CCOCC4)CC3)c(-c3cccc(C(F)(F)F)c3)nc2c1. The Morgan fingerprint density at radius 1 is 0.959 bits per heavy atom. The van der Waals surface area contributed by atoms with Gasteiger partial charge in [-0.05, 0) is 68.6 Å². The van der Waals surface area contributed by atoms with E-state index >= 15 is 0 Å². The summed E-state index contributed by atoms with van der Waals surface area (Å²) < 4.78 is 72.6. The van der Waals surface area contributed by atoms with Gasteiger partial charge in [0.1, 0.15) is 0 Å². The number of sulfone groups is 1. The Morgan fingerprint density at radius 2 is 1.67 bits per heavy atom. The van der Waals surface area contributed by atoms with Gasteiger partial charge in [-0.2, -0.15) is 13.2 Å². The van der Waals surface area contributed by atoms with E-state index in [1.165, 1.54) is 18.2 Å². The minimum atomic E-state index is -4.59. The predicted molar refractivity (Wildman–Crippen MR) is 181 cm³/mol. The van der Waals surface area contributed by atoms with Crippen LogP contribution in [0.1, 0.15) is 52.7 Å². The molecule has 3 aliphatic rings. The Bertz CT molecular complexity index is 1970. The molecule has 3 fully saturated rings. The highest BCUT2D eigenvalue weighted by Gasteiger charge is 2.46. The number of rotatable bonds is 8. The summed E-state index contributed by atoms with van der Waals surface area (Å²) in [6.45, 7) is 4.98. The maximum absolute atomic E-state index is 14.6. The van der Waals surface area contributed by atoms with Crippen molar-refractivity contribution in [3.05, 3.63) is 95.1 Å². The van der Waals surface area contributed by atoms with Crippen LogP contribution in [0.15, 0.2) is 77.7 Å². The molecule has 4 aromatic rings. The number of benzene rings is 3. The van der Waals surface area contributed by atoms with Crippen LogP contribution in [0.5, 0.6) is 0 Å². The number of amides is 1. The van der Waals surface area contributed by atoms with E-state index in [0.29, 0.717) is 42.3 Å². The molecular weight excluding hydrogens is 653 g/mol. The third kappa shape index (κ3) is 7.10. The van der Waals surface area contributed by atoms with E-state index in [9.17, 15) is 26.4 Å². The van der Waals surface area contributed by atoms with Crippen LogP contribution in [0.25, 0.3) is 22.2 Å². The van der Waals surface area contributed by atoms with Crippen molar-refractivity contribution in [2.45, 2.75) is 54.9 Å². The summed E-state index contributed by atoms with van der Waals surface area (Å²) in [5.74, 6) is -0.368. The van der Waals surface area contributed by atoms with Gasteiger partial charge in [0.05, 0.1) is 46.0 Å². The first-order valence-electron chi connectivity index (χ1n) is 16.7. The Kier molecular flexibility index (Phi) is 9.01. The van der Waals surface area contributed by atoms with Gasteiger partial charge in [0.15, 0.2) is 9.84 Å². The molecule has 1 saturated carbocycles. The van der Waals surface area contributed by atoms with Gasteiger partial charge >= 0.3 is 6.18 Å². The molecule has 258 valence electrons. The zero-order valence-electron chi connectivity index (χ0n) is 27.3. The topological polar surface area (TPSA) is 91.8 Å². The van der Waals surface area contributed by atoms with Crippen molar-refractivity contribution in [3.63, 3.8) is 0 Å². The fourth-order valence-corrected chi connectivity index (χ4v) is 7.91. The molecule has 1 N–H and O–H groups in total. The molecular formula is C37H39F3N4O4S.